The Balaban J connectivity index is 1.82. The molecule has 22 heavy (non-hydrogen) atoms. The Morgan fingerprint density at radius 2 is 1.77 bits per heavy atom. The molecule has 0 bridgehead atoms. The maximum absolute atomic E-state index is 11.2. The molecule has 0 saturated heterocycles. The minimum atomic E-state index is -4.23. The van der Waals surface area contributed by atoms with Crippen molar-refractivity contribution >= 4 is 12.9 Å². The van der Waals surface area contributed by atoms with Crippen LogP contribution in [0.1, 0.15) is 12.0 Å². The van der Waals surface area contributed by atoms with Gasteiger partial charge in [0.2, 0.25) is 0 Å². The summed E-state index contributed by atoms with van der Waals surface area (Å²) in [6.07, 6.45) is 1.68. The van der Waals surface area contributed by atoms with Crippen molar-refractivity contribution in [3.63, 3.8) is 0 Å². The van der Waals surface area contributed by atoms with Crippen molar-refractivity contribution in [2.24, 2.45) is 0 Å². The SMILES string of the molecule is COc1ccc(CCCOc2cccc(P(=O)(O)O)c2)cc1. The van der Waals surface area contributed by atoms with E-state index in [0.717, 1.165) is 18.6 Å². The average Bonchev–Trinajstić information content (AvgIpc) is 2.52. The van der Waals surface area contributed by atoms with Crippen LogP contribution >= 0.6 is 7.60 Å². The van der Waals surface area contributed by atoms with E-state index in [9.17, 15) is 4.57 Å². The van der Waals surface area contributed by atoms with E-state index in [-0.39, 0.29) is 5.30 Å². The van der Waals surface area contributed by atoms with Gasteiger partial charge in [-0.2, -0.15) is 0 Å². The number of aryl methyl sites for hydroxylation is 1. The van der Waals surface area contributed by atoms with Crippen LogP contribution in [0.2, 0.25) is 0 Å². The Bertz CT molecular complexity index is 648. The van der Waals surface area contributed by atoms with Crippen LogP contribution in [0.25, 0.3) is 0 Å². The highest BCUT2D eigenvalue weighted by molar-refractivity contribution is 7.60. The lowest BCUT2D eigenvalue weighted by atomic mass is 10.1. The van der Waals surface area contributed by atoms with Crippen molar-refractivity contribution in [1.82, 2.24) is 0 Å². The average molecular weight is 322 g/mol. The van der Waals surface area contributed by atoms with Crippen LogP contribution in [0.15, 0.2) is 48.5 Å². The van der Waals surface area contributed by atoms with Gasteiger partial charge in [-0.25, -0.2) is 0 Å². The van der Waals surface area contributed by atoms with Gasteiger partial charge in [0.25, 0.3) is 0 Å². The first kappa shape index (κ1) is 16.6. The normalized spacial score (nSPS) is 11.2. The smallest absolute Gasteiger partial charge is 0.356 e. The van der Waals surface area contributed by atoms with Crippen LogP contribution < -0.4 is 14.8 Å². The highest BCUT2D eigenvalue weighted by atomic mass is 31.2. The van der Waals surface area contributed by atoms with Crippen LogP contribution in [0, 0.1) is 0 Å². The van der Waals surface area contributed by atoms with Crippen molar-refractivity contribution in [3.8, 4) is 11.5 Å². The van der Waals surface area contributed by atoms with Crippen LogP contribution in [0.5, 0.6) is 11.5 Å². The molecule has 5 nitrogen and oxygen atoms in total. The molecule has 0 fully saturated rings. The monoisotopic (exact) mass is 322 g/mol. The standard InChI is InChI=1S/C16H19O5P/c1-20-14-9-7-13(8-10-14)4-3-11-21-15-5-2-6-16(12-15)22(17,18)19/h2,5-10,12H,3-4,11H2,1H3,(H2,17,18,19). The second-order valence-corrected chi connectivity index (χ2v) is 6.45. The largest absolute Gasteiger partial charge is 0.497 e. The first-order chi connectivity index (χ1) is 10.5. The summed E-state index contributed by atoms with van der Waals surface area (Å²) < 4.78 is 21.8. The second kappa shape index (κ2) is 7.45. The zero-order valence-electron chi connectivity index (χ0n) is 12.3. The summed E-state index contributed by atoms with van der Waals surface area (Å²) in [6.45, 7) is 0.483. The number of hydrogen-bond acceptors (Lipinski definition) is 3. The molecule has 2 aromatic carbocycles. The summed E-state index contributed by atoms with van der Waals surface area (Å²) in [6, 6.07) is 13.9. The second-order valence-electron chi connectivity index (χ2n) is 4.84. The third-order valence-corrected chi connectivity index (χ3v) is 4.14. The van der Waals surface area contributed by atoms with Gasteiger partial charge in [0.1, 0.15) is 11.5 Å². The molecule has 0 atom stereocenters. The van der Waals surface area contributed by atoms with E-state index in [0.29, 0.717) is 12.4 Å². The van der Waals surface area contributed by atoms with E-state index in [1.165, 1.54) is 17.7 Å². The lowest BCUT2D eigenvalue weighted by Crippen LogP contribution is -2.05. The Hall–Kier alpha value is -1.81. The highest BCUT2D eigenvalue weighted by Crippen LogP contribution is 2.34. The summed E-state index contributed by atoms with van der Waals surface area (Å²) in [5, 5.41) is -0.0276. The zero-order valence-corrected chi connectivity index (χ0v) is 13.2. The number of rotatable bonds is 7. The molecule has 0 spiro atoms. The maximum Gasteiger partial charge on any atom is 0.356 e. The van der Waals surface area contributed by atoms with Crippen LogP contribution in [0.4, 0.5) is 0 Å². The van der Waals surface area contributed by atoms with Crippen molar-refractivity contribution in [1.29, 1.82) is 0 Å². The van der Waals surface area contributed by atoms with Gasteiger partial charge in [0, 0.05) is 0 Å². The van der Waals surface area contributed by atoms with Gasteiger partial charge in [-0.05, 0) is 48.7 Å². The number of benzene rings is 2. The Kier molecular flexibility index (Phi) is 5.61. The van der Waals surface area contributed by atoms with E-state index in [4.69, 9.17) is 19.3 Å². The fourth-order valence-corrected chi connectivity index (χ4v) is 2.59. The van der Waals surface area contributed by atoms with Gasteiger partial charge >= 0.3 is 7.60 Å². The molecule has 0 amide bonds. The third kappa shape index (κ3) is 4.88. The molecule has 2 rings (SSSR count). The zero-order chi connectivity index (χ0) is 16.0. The number of hydrogen-bond donors (Lipinski definition) is 2. The summed E-state index contributed by atoms with van der Waals surface area (Å²) >= 11 is 0. The lowest BCUT2D eigenvalue weighted by molar-refractivity contribution is 0.311. The quantitative estimate of drug-likeness (QED) is 0.605. The summed E-state index contributed by atoms with van der Waals surface area (Å²) in [5.74, 6) is 1.30. The van der Waals surface area contributed by atoms with Crippen molar-refractivity contribution < 1.29 is 23.8 Å². The van der Waals surface area contributed by atoms with Gasteiger partial charge < -0.3 is 19.3 Å². The van der Waals surface area contributed by atoms with Crippen LogP contribution in [0.3, 0.4) is 0 Å². The van der Waals surface area contributed by atoms with Crippen LogP contribution in [-0.2, 0) is 11.0 Å². The van der Waals surface area contributed by atoms with Crippen LogP contribution in [-0.4, -0.2) is 23.5 Å². The molecular formula is C16H19O5P. The number of methoxy groups -OCH3 is 1. The van der Waals surface area contributed by atoms with E-state index >= 15 is 0 Å². The molecule has 0 heterocycles. The minimum Gasteiger partial charge on any atom is -0.497 e. The molecule has 2 aromatic rings. The van der Waals surface area contributed by atoms with Gasteiger partial charge in [-0.15, -0.1) is 0 Å². The molecule has 118 valence electrons. The van der Waals surface area contributed by atoms with Crippen molar-refractivity contribution in [3.05, 3.63) is 54.1 Å². The molecule has 0 radical (unpaired) electrons. The molecule has 0 saturated carbocycles. The Labute approximate surface area is 129 Å². The molecule has 6 heteroatoms. The lowest BCUT2D eigenvalue weighted by Gasteiger charge is -2.09. The minimum absolute atomic E-state index is 0.0276. The van der Waals surface area contributed by atoms with E-state index in [1.54, 1.807) is 19.2 Å². The fourth-order valence-electron chi connectivity index (χ4n) is 2.01. The summed E-state index contributed by atoms with van der Waals surface area (Å²) in [7, 11) is -2.60. The predicted octanol–water partition coefficient (Wildman–Crippen LogP) is 2.51. The molecular weight excluding hydrogens is 303 g/mol. The van der Waals surface area contributed by atoms with Crippen molar-refractivity contribution in [2.45, 2.75) is 12.8 Å². The maximum atomic E-state index is 11.2. The topological polar surface area (TPSA) is 76.0 Å². The van der Waals surface area contributed by atoms with Gasteiger partial charge in [0.05, 0.1) is 19.0 Å². The Morgan fingerprint density at radius 3 is 2.41 bits per heavy atom. The van der Waals surface area contributed by atoms with Gasteiger partial charge in [0.15, 0.2) is 0 Å². The van der Waals surface area contributed by atoms with E-state index < -0.39 is 7.60 Å². The molecule has 0 aliphatic carbocycles. The first-order valence-corrected chi connectivity index (χ1v) is 8.52. The fraction of sp³-hybridized carbons (Fsp3) is 0.250. The van der Waals surface area contributed by atoms with Gasteiger partial charge in [-0.1, -0.05) is 18.2 Å². The molecule has 0 aromatic heterocycles. The highest BCUT2D eigenvalue weighted by Gasteiger charge is 2.17. The predicted molar refractivity (Wildman–Crippen MR) is 84.9 cm³/mol. The molecule has 0 aliphatic rings. The van der Waals surface area contributed by atoms with E-state index in [1.807, 2.05) is 24.3 Å². The first-order valence-electron chi connectivity index (χ1n) is 6.91. The van der Waals surface area contributed by atoms with E-state index in [2.05, 4.69) is 0 Å². The van der Waals surface area contributed by atoms with Crippen molar-refractivity contribution in [2.75, 3.05) is 13.7 Å². The molecule has 0 aliphatic heterocycles. The molecule has 0 unspecified atom stereocenters. The number of ether oxygens (including phenoxy) is 2. The van der Waals surface area contributed by atoms with Gasteiger partial charge in [-0.3, -0.25) is 4.57 Å². The molecule has 2 N–H and O–H groups in total. The summed E-state index contributed by atoms with van der Waals surface area (Å²) in [5.41, 5.74) is 1.19. The summed E-state index contributed by atoms with van der Waals surface area (Å²) in [4.78, 5) is 18.2. The third-order valence-electron chi connectivity index (χ3n) is 3.19. The Morgan fingerprint density at radius 1 is 1.05 bits per heavy atom.